The zero-order valence-corrected chi connectivity index (χ0v) is 12.8. The van der Waals surface area contributed by atoms with Gasteiger partial charge in [0.2, 0.25) is 5.88 Å². The van der Waals surface area contributed by atoms with E-state index in [9.17, 15) is 0 Å². The van der Waals surface area contributed by atoms with Gasteiger partial charge < -0.3 is 14.8 Å². The van der Waals surface area contributed by atoms with Crippen LogP contribution in [0.25, 0.3) is 0 Å². The largest absolute Gasteiger partial charge is 0.491 e. The predicted octanol–water partition coefficient (Wildman–Crippen LogP) is 3.17. The third kappa shape index (κ3) is 5.08. The van der Waals surface area contributed by atoms with E-state index in [1.165, 1.54) is 5.56 Å². The maximum absolute atomic E-state index is 5.70. The molecule has 1 N–H and O–H groups in total. The van der Waals surface area contributed by atoms with Crippen LogP contribution in [0.3, 0.4) is 0 Å². The van der Waals surface area contributed by atoms with Crippen LogP contribution >= 0.6 is 0 Å². The second-order valence-corrected chi connectivity index (χ2v) is 5.12. The molecule has 0 saturated carbocycles. The van der Waals surface area contributed by atoms with Crippen molar-refractivity contribution in [1.29, 1.82) is 0 Å². The molecule has 0 radical (unpaired) electrons. The standard InChI is InChI=1S/C17H22N2O2/c1-13(2)21-16-6-4-5-14(9-16)11-18-12-15-7-8-19-17(10-15)20-3/h4-10,13,18H,11-12H2,1-3H3. The number of aromatic nitrogens is 1. The van der Waals surface area contributed by atoms with Gasteiger partial charge in [0.25, 0.3) is 0 Å². The van der Waals surface area contributed by atoms with Gasteiger partial charge in [-0.3, -0.25) is 0 Å². The van der Waals surface area contributed by atoms with E-state index in [2.05, 4.69) is 22.4 Å². The van der Waals surface area contributed by atoms with Crippen LogP contribution in [-0.4, -0.2) is 18.2 Å². The van der Waals surface area contributed by atoms with Crippen LogP contribution in [0.5, 0.6) is 11.6 Å². The average molecular weight is 286 g/mol. The number of nitrogens with zero attached hydrogens (tertiary/aromatic N) is 1. The van der Waals surface area contributed by atoms with Crippen molar-refractivity contribution in [2.45, 2.75) is 33.0 Å². The van der Waals surface area contributed by atoms with Crippen molar-refractivity contribution in [3.05, 3.63) is 53.7 Å². The van der Waals surface area contributed by atoms with Crippen LogP contribution < -0.4 is 14.8 Å². The molecule has 0 atom stereocenters. The molecule has 0 unspecified atom stereocenters. The van der Waals surface area contributed by atoms with Crippen LogP contribution in [-0.2, 0) is 13.1 Å². The first-order chi connectivity index (χ1) is 10.2. The lowest BCUT2D eigenvalue weighted by Crippen LogP contribution is -2.13. The molecule has 2 aromatic rings. The smallest absolute Gasteiger partial charge is 0.213 e. The predicted molar refractivity (Wildman–Crippen MR) is 83.5 cm³/mol. The zero-order chi connectivity index (χ0) is 15.1. The van der Waals surface area contributed by atoms with Gasteiger partial charge >= 0.3 is 0 Å². The molecule has 112 valence electrons. The summed E-state index contributed by atoms with van der Waals surface area (Å²) in [4.78, 5) is 4.10. The van der Waals surface area contributed by atoms with Crippen molar-refractivity contribution < 1.29 is 9.47 Å². The Morgan fingerprint density at radius 3 is 2.57 bits per heavy atom. The molecule has 0 aliphatic rings. The molecule has 0 aliphatic carbocycles. The number of methoxy groups -OCH3 is 1. The maximum Gasteiger partial charge on any atom is 0.213 e. The molecule has 1 aromatic heterocycles. The third-order valence-electron chi connectivity index (χ3n) is 2.94. The first-order valence-electron chi connectivity index (χ1n) is 7.12. The van der Waals surface area contributed by atoms with Crippen molar-refractivity contribution in [3.63, 3.8) is 0 Å². The Labute approximate surface area is 126 Å². The van der Waals surface area contributed by atoms with E-state index < -0.39 is 0 Å². The highest BCUT2D eigenvalue weighted by molar-refractivity contribution is 5.28. The van der Waals surface area contributed by atoms with Gasteiger partial charge in [-0.1, -0.05) is 12.1 Å². The number of nitrogens with one attached hydrogen (secondary N) is 1. The SMILES string of the molecule is COc1cc(CNCc2cccc(OC(C)C)c2)ccn1. The minimum absolute atomic E-state index is 0.192. The quantitative estimate of drug-likeness (QED) is 0.849. The molecule has 1 heterocycles. The molecular formula is C17H22N2O2. The van der Waals surface area contributed by atoms with Gasteiger partial charge in [0.05, 0.1) is 13.2 Å². The van der Waals surface area contributed by atoms with Crippen LogP contribution in [0.1, 0.15) is 25.0 Å². The van der Waals surface area contributed by atoms with E-state index >= 15 is 0 Å². The highest BCUT2D eigenvalue weighted by Gasteiger charge is 2.00. The van der Waals surface area contributed by atoms with Crippen molar-refractivity contribution in [2.24, 2.45) is 0 Å². The lowest BCUT2D eigenvalue weighted by molar-refractivity contribution is 0.242. The molecule has 0 saturated heterocycles. The summed E-state index contributed by atoms with van der Waals surface area (Å²) in [6.07, 6.45) is 1.95. The molecule has 0 amide bonds. The summed E-state index contributed by atoms with van der Waals surface area (Å²) >= 11 is 0. The number of hydrogen-bond acceptors (Lipinski definition) is 4. The minimum Gasteiger partial charge on any atom is -0.491 e. The number of hydrogen-bond donors (Lipinski definition) is 1. The summed E-state index contributed by atoms with van der Waals surface area (Å²) in [5.41, 5.74) is 2.35. The van der Waals surface area contributed by atoms with E-state index in [1.54, 1.807) is 13.3 Å². The molecule has 0 bridgehead atoms. The first-order valence-corrected chi connectivity index (χ1v) is 7.12. The summed E-state index contributed by atoms with van der Waals surface area (Å²) in [5, 5.41) is 3.41. The van der Waals surface area contributed by atoms with E-state index in [1.807, 2.05) is 38.1 Å². The normalized spacial score (nSPS) is 10.7. The van der Waals surface area contributed by atoms with E-state index in [4.69, 9.17) is 9.47 Å². The fourth-order valence-electron chi connectivity index (χ4n) is 2.02. The number of rotatable bonds is 7. The first kappa shape index (κ1) is 15.3. The second-order valence-electron chi connectivity index (χ2n) is 5.12. The van der Waals surface area contributed by atoms with Gasteiger partial charge in [0, 0.05) is 25.4 Å². The lowest BCUT2D eigenvalue weighted by Gasteiger charge is -2.11. The fraction of sp³-hybridized carbons (Fsp3) is 0.353. The molecule has 4 nitrogen and oxygen atoms in total. The van der Waals surface area contributed by atoms with Crippen molar-refractivity contribution in [2.75, 3.05) is 7.11 Å². The Hall–Kier alpha value is -2.07. The Balaban J connectivity index is 1.88. The summed E-state index contributed by atoms with van der Waals surface area (Å²) in [6.45, 7) is 5.62. The zero-order valence-electron chi connectivity index (χ0n) is 12.8. The molecule has 0 aliphatic heterocycles. The van der Waals surface area contributed by atoms with E-state index in [0.717, 1.165) is 24.4 Å². The maximum atomic E-state index is 5.70. The number of benzene rings is 1. The molecule has 2 rings (SSSR count). The topological polar surface area (TPSA) is 43.4 Å². The van der Waals surface area contributed by atoms with Crippen LogP contribution in [0, 0.1) is 0 Å². The highest BCUT2D eigenvalue weighted by atomic mass is 16.5. The van der Waals surface area contributed by atoms with Gasteiger partial charge in [-0.2, -0.15) is 0 Å². The molecule has 21 heavy (non-hydrogen) atoms. The van der Waals surface area contributed by atoms with Crippen LogP contribution in [0.4, 0.5) is 0 Å². The monoisotopic (exact) mass is 286 g/mol. The second kappa shape index (κ2) is 7.64. The Bertz CT molecular complexity index is 570. The van der Waals surface area contributed by atoms with Gasteiger partial charge in [0.1, 0.15) is 5.75 Å². The molecular weight excluding hydrogens is 264 g/mol. The third-order valence-corrected chi connectivity index (χ3v) is 2.94. The molecule has 0 fully saturated rings. The van der Waals surface area contributed by atoms with Crippen molar-refractivity contribution >= 4 is 0 Å². The van der Waals surface area contributed by atoms with E-state index in [-0.39, 0.29) is 6.10 Å². The lowest BCUT2D eigenvalue weighted by atomic mass is 10.2. The van der Waals surface area contributed by atoms with Gasteiger partial charge in [0.15, 0.2) is 0 Å². The molecule has 1 aromatic carbocycles. The minimum atomic E-state index is 0.192. The summed E-state index contributed by atoms with van der Waals surface area (Å²) in [7, 11) is 1.62. The van der Waals surface area contributed by atoms with Gasteiger partial charge in [-0.05, 0) is 43.2 Å². The fourth-order valence-corrected chi connectivity index (χ4v) is 2.02. The Morgan fingerprint density at radius 2 is 1.86 bits per heavy atom. The highest BCUT2D eigenvalue weighted by Crippen LogP contribution is 2.15. The average Bonchev–Trinajstić information content (AvgIpc) is 2.47. The summed E-state index contributed by atoms with van der Waals surface area (Å²) < 4.78 is 10.8. The Kier molecular flexibility index (Phi) is 5.58. The number of ether oxygens (including phenoxy) is 2. The van der Waals surface area contributed by atoms with Crippen LogP contribution in [0.2, 0.25) is 0 Å². The molecule has 0 spiro atoms. The number of pyridine rings is 1. The van der Waals surface area contributed by atoms with Crippen LogP contribution in [0.15, 0.2) is 42.6 Å². The van der Waals surface area contributed by atoms with Gasteiger partial charge in [-0.15, -0.1) is 0 Å². The van der Waals surface area contributed by atoms with Gasteiger partial charge in [-0.25, -0.2) is 4.98 Å². The van der Waals surface area contributed by atoms with Crippen molar-refractivity contribution in [1.82, 2.24) is 10.3 Å². The Morgan fingerprint density at radius 1 is 1.10 bits per heavy atom. The van der Waals surface area contributed by atoms with Crippen molar-refractivity contribution in [3.8, 4) is 11.6 Å². The van der Waals surface area contributed by atoms with E-state index in [0.29, 0.717) is 5.88 Å². The summed E-state index contributed by atoms with van der Waals surface area (Å²) in [5.74, 6) is 1.55. The summed E-state index contributed by atoms with van der Waals surface area (Å²) in [6, 6.07) is 12.1. The molecule has 4 heteroatoms.